The van der Waals surface area contributed by atoms with Gasteiger partial charge in [-0.05, 0) is 74.3 Å². The summed E-state index contributed by atoms with van der Waals surface area (Å²) in [5.74, 6) is 1.59. The number of oxazole rings is 1. The van der Waals surface area contributed by atoms with Crippen molar-refractivity contribution in [3.63, 3.8) is 0 Å². The van der Waals surface area contributed by atoms with E-state index in [1.807, 2.05) is 48.1 Å². The molecule has 160 valence electrons. The summed E-state index contributed by atoms with van der Waals surface area (Å²) in [6.45, 7) is 4.99. The average Bonchev–Trinajstić information content (AvgIpc) is 3.57. The van der Waals surface area contributed by atoms with Crippen LogP contribution in [0.4, 0.5) is 0 Å². The van der Waals surface area contributed by atoms with Gasteiger partial charge in [0.2, 0.25) is 5.89 Å². The molecule has 5 heteroatoms. The van der Waals surface area contributed by atoms with Gasteiger partial charge in [-0.3, -0.25) is 4.90 Å². The third-order valence-electron chi connectivity index (χ3n) is 6.98. The lowest BCUT2D eigenvalue weighted by Gasteiger charge is -2.39. The Morgan fingerprint density at radius 2 is 1.81 bits per heavy atom. The van der Waals surface area contributed by atoms with E-state index in [0.717, 1.165) is 55.2 Å². The van der Waals surface area contributed by atoms with Gasteiger partial charge in [0, 0.05) is 29.9 Å². The molecule has 6 rings (SSSR count). The Labute approximate surface area is 188 Å². The molecule has 1 fully saturated rings. The Morgan fingerprint density at radius 3 is 2.59 bits per heavy atom. The number of rotatable bonds is 4. The molecule has 0 amide bonds. The minimum Gasteiger partial charge on any atom is -0.441 e. The van der Waals surface area contributed by atoms with E-state index in [4.69, 9.17) is 9.40 Å². The van der Waals surface area contributed by atoms with Crippen LogP contribution in [-0.2, 0) is 12.0 Å². The fraction of sp³-hybridized carbons (Fsp3) is 0.259. The molecule has 1 spiro atoms. The van der Waals surface area contributed by atoms with Crippen molar-refractivity contribution in [3.8, 4) is 17.1 Å². The molecule has 0 unspecified atom stereocenters. The highest BCUT2D eigenvalue weighted by Crippen LogP contribution is 2.43. The summed E-state index contributed by atoms with van der Waals surface area (Å²) in [6.07, 6.45) is 10.8. The van der Waals surface area contributed by atoms with Gasteiger partial charge in [-0.2, -0.15) is 5.10 Å². The largest absolute Gasteiger partial charge is 0.441 e. The summed E-state index contributed by atoms with van der Waals surface area (Å²) in [7, 11) is 0. The lowest BCUT2D eigenvalue weighted by Crippen LogP contribution is -2.40. The van der Waals surface area contributed by atoms with Crippen LogP contribution in [0, 0.1) is 6.92 Å². The molecule has 0 bridgehead atoms. The van der Waals surface area contributed by atoms with Crippen molar-refractivity contribution in [3.05, 3.63) is 95.6 Å². The molecular weight excluding hydrogens is 396 g/mol. The molecule has 0 atom stereocenters. The first kappa shape index (κ1) is 19.3. The Hall–Kier alpha value is -3.44. The van der Waals surface area contributed by atoms with Crippen molar-refractivity contribution in [2.45, 2.75) is 31.7 Å². The second-order valence-corrected chi connectivity index (χ2v) is 8.87. The normalized spacial score (nSPS) is 17.2. The summed E-state index contributed by atoms with van der Waals surface area (Å²) in [5, 5.41) is 4.28. The quantitative estimate of drug-likeness (QED) is 0.442. The Bertz CT molecular complexity index is 1260. The van der Waals surface area contributed by atoms with E-state index in [1.165, 1.54) is 11.1 Å². The van der Waals surface area contributed by atoms with Crippen molar-refractivity contribution in [2.75, 3.05) is 13.1 Å². The molecule has 1 aliphatic carbocycles. The molecule has 2 aromatic carbocycles. The summed E-state index contributed by atoms with van der Waals surface area (Å²) in [5.41, 5.74) is 6.14. The van der Waals surface area contributed by atoms with E-state index in [-0.39, 0.29) is 5.41 Å². The van der Waals surface area contributed by atoms with E-state index in [1.54, 1.807) is 6.20 Å². The zero-order valence-corrected chi connectivity index (χ0v) is 18.2. The highest BCUT2D eigenvalue weighted by molar-refractivity contribution is 5.65. The molecule has 0 radical (unpaired) electrons. The molecule has 2 aromatic heterocycles. The predicted octanol–water partition coefficient (Wildman–Crippen LogP) is 5.40. The van der Waals surface area contributed by atoms with Gasteiger partial charge in [0.05, 0.1) is 11.4 Å². The van der Waals surface area contributed by atoms with Crippen LogP contribution in [-0.4, -0.2) is 32.8 Å². The third-order valence-corrected chi connectivity index (χ3v) is 6.98. The standard InChI is InChI=1S/C27H26N4O/c1-20-25(29-26(32-20)22-7-9-23(10-8-22)31-16-4-15-28-31)19-30-17-13-27(14-18-30)12-11-21-5-2-3-6-24(21)27/h2-12,15-16H,13-14,17-19H2,1H3. The van der Waals surface area contributed by atoms with Gasteiger partial charge in [0.1, 0.15) is 5.76 Å². The van der Waals surface area contributed by atoms with Crippen LogP contribution < -0.4 is 0 Å². The smallest absolute Gasteiger partial charge is 0.226 e. The number of likely N-dealkylation sites (tertiary alicyclic amines) is 1. The molecule has 1 aliphatic heterocycles. The second kappa shape index (κ2) is 7.61. The van der Waals surface area contributed by atoms with Gasteiger partial charge >= 0.3 is 0 Å². The number of hydrogen-bond acceptors (Lipinski definition) is 4. The van der Waals surface area contributed by atoms with Crippen LogP contribution in [0.3, 0.4) is 0 Å². The van der Waals surface area contributed by atoms with E-state index in [2.05, 4.69) is 46.4 Å². The maximum Gasteiger partial charge on any atom is 0.226 e. The first-order valence-corrected chi connectivity index (χ1v) is 11.3. The molecule has 5 nitrogen and oxygen atoms in total. The molecule has 0 N–H and O–H groups in total. The van der Waals surface area contributed by atoms with Crippen LogP contribution in [0.25, 0.3) is 23.2 Å². The topological polar surface area (TPSA) is 47.1 Å². The minimum atomic E-state index is 0.216. The Morgan fingerprint density at radius 1 is 1.00 bits per heavy atom. The number of hydrogen-bond donors (Lipinski definition) is 0. The predicted molar refractivity (Wildman–Crippen MR) is 125 cm³/mol. The monoisotopic (exact) mass is 422 g/mol. The highest BCUT2D eigenvalue weighted by atomic mass is 16.4. The highest BCUT2D eigenvalue weighted by Gasteiger charge is 2.37. The van der Waals surface area contributed by atoms with Gasteiger partial charge in [-0.25, -0.2) is 9.67 Å². The van der Waals surface area contributed by atoms with Gasteiger partial charge in [-0.1, -0.05) is 36.4 Å². The number of benzene rings is 2. The van der Waals surface area contributed by atoms with Gasteiger partial charge < -0.3 is 4.42 Å². The van der Waals surface area contributed by atoms with Gasteiger partial charge in [-0.15, -0.1) is 0 Å². The third kappa shape index (κ3) is 3.30. The van der Waals surface area contributed by atoms with Crippen molar-refractivity contribution in [2.24, 2.45) is 0 Å². The maximum atomic E-state index is 6.04. The maximum absolute atomic E-state index is 6.04. The fourth-order valence-corrected chi connectivity index (χ4v) is 5.07. The molecule has 3 heterocycles. The SMILES string of the molecule is Cc1oc(-c2ccc(-n3cccn3)cc2)nc1CN1CCC2(C=Cc3ccccc32)CC1. The summed E-state index contributed by atoms with van der Waals surface area (Å²) < 4.78 is 7.89. The van der Waals surface area contributed by atoms with Crippen LogP contribution >= 0.6 is 0 Å². The lowest BCUT2D eigenvalue weighted by molar-refractivity contribution is 0.175. The fourth-order valence-electron chi connectivity index (χ4n) is 5.07. The number of piperidine rings is 1. The zero-order valence-electron chi connectivity index (χ0n) is 18.2. The summed E-state index contributed by atoms with van der Waals surface area (Å²) >= 11 is 0. The Kier molecular flexibility index (Phi) is 4.58. The minimum absolute atomic E-state index is 0.216. The first-order chi connectivity index (χ1) is 15.7. The molecular formula is C27H26N4O. The Balaban J connectivity index is 1.15. The van der Waals surface area contributed by atoms with Crippen LogP contribution in [0.1, 0.15) is 35.4 Å². The van der Waals surface area contributed by atoms with Crippen LogP contribution in [0.15, 0.2) is 77.5 Å². The number of allylic oxidation sites excluding steroid dienone is 1. The molecule has 0 saturated carbocycles. The van der Waals surface area contributed by atoms with Gasteiger partial charge in [0.25, 0.3) is 0 Å². The number of nitrogens with zero attached hydrogens (tertiary/aromatic N) is 4. The molecule has 2 aliphatic rings. The number of aryl methyl sites for hydroxylation is 1. The molecule has 1 saturated heterocycles. The van der Waals surface area contributed by atoms with E-state index >= 15 is 0 Å². The molecule has 4 aromatic rings. The van der Waals surface area contributed by atoms with Crippen LogP contribution in [0.2, 0.25) is 0 Å². The first-order valence-electron chi connectivity index (χ1n) is 11.3. The van der Waals surface area contributed by atoms with Crippen LogP contribution in [0.5, 0.6) is 0 Å². The van der Waals surface area contributed by atoms with E-state index < -0.39 is 0 Å². The van der Waals surface area contributed by atoms with E-state index in [9.17, 15) is 0 Å². The second-order valence-electron chi connectivity index (χ2n) is 8.87. The molecule has 32 heavy (non-hydrogen) atoms. The number of aromatic nitrogens is 3. The number of fused-ring (bicyclic) bond motifs is 2. The van der Waals surface area contributed by atoms with Crippen molar-refractivity contribution in [1.82, 2.24) is 19.7 Å². The zero-order chi connectivity index (χ0) is 21.5. The van der Waals surface area contributed by atoms with Crippen molar-refractivity contribution < 1.29 is 4.42 Å². The van der Waals surface area contributed by atoms with Gasteiger partial charge in [0.15, 0.2) is 0 Å². The van der Waals surface area contributed by atoms with Crippen molar-refractivity contribution in [1.29, 1.82) is 0 Å². The lowest BCUT2D eigenvalue weighted by atomic mass is 9.74. The van der Waals surface area contributed by atoms with E-state index in [0.29, 0.717) is 5.89 Å². The summed E-state index contributed by atoms with van der Waals surface area (Å²) in [4.78, 5) is 7.36. The van der Waals surface area contributed by atoms with Crippen molar-refractivity contribution >= 4 is 6.08 Å². The summed E-state index contributed by atoms with van der Waals surface area (Å²) in [6, 6.07) is 18.9. The average molecular weight is 423 g/mol.